The highest BCUT2D eigenvalue weighted by molar-refractivity contribution is 7.99. The molecule has 1 spiro atoms. The van der Waals surface area contributed by atoms with Gasteiger partial charge in [-0.3, -0.25) is 15.2 Å². The molecule has 2 aromatic heterocycles. The Morgan fingerprint density at radius 1 is 1.20 bits per heavy atom. The predicted molar refractivity (Wildman–Crippen MR) is 118 cm³/mol. The number of nitrogens with one attached hydrogen (secondary N) is 1. The number of fused-ring (bicyclic) bond motifs is 1. The summed E-state index contributed by atoms with van der Waals surface area (Å²) in [7, 11) is 0. The number of nitro groups is 1. The second-order valence-corrected chi connectivity index (χ2v) is 9.57. The molecule has 0 bridgehead atoms. The minimum Gasteiger partial charge on any atom is -0.343 e. The first-order valence-corrected chi connectivity index (χ1v) is 12.3. The van der Waals surface area contributed by atoms with Gasteiger partial charge in [-0.25, -0.2) is 4.98 Å². The van der Waals surface area contributed by atoms with E-state index in [1.807, 2.05) is 0 Å². The zero-order valence-electron chi connectivity index (χ0n) is 18.4. The third-order valence-corrected chi connectivity index (χ3v) is 7.25. The van der Waals surface area contributed by atoms with Crippen molar-refractivity contribution in [1.82, 2.24) is 25.3 Å². The highest BCUT2D eigenvalue weighted by Gasteiger charge is 2.59. The summed E-state index contributed by atoms with van der Waals surface area (Å²) in [5.74, 6) is 0.607. The van der Waals surface area contributed by atoms with Gasteiger partial charge in [-0.1, -0.05) is 16.9 Å². The topological polar surface area (TPSA) is 161 Å². The molecular formula is C21H22N6O7S. The van der Waals surface area contributed by atoms with Crippen molar-refractivity contribution in [2.75, 3.05) is 5.75 Å². The van der Waals surface area contributed by atoms with Crippen LogP contribution in [0.2, 0.25) is 0 Å². The molecule has 0 radical (unpaired) electrons. The summed E-state index contributed by atoms with van der Waals surface area (Å²) in [5.41, 5.74) is 0.561. The Morgan fingerprint density at radius 2 is 2.00 bits per heavy atom. The molecule has 3 aromatic rings. The van der Waals surface area contributed by atoms with Crippen LogP contribution >= 0.6 is 11.8 Å². The van der Waals surface area contributed by atoms with Crippen molar-refractivity contribution in [1.29, 1.82) is 0 Å². The summed E-state index contributed by atoms with van der Waals surface area (Å²) in [6.45, 7) is 0.0443. The van der Waals surface area contributed by atoms with E-state index < -0.39 is 17.0 Å². The van der Waals surface area contributed by atoms with E-state index in [2.05, 4.69) is 25.3 Å². The summed E-state index contributed by atoms with van der Waals surface area (Å²) in [4.78, 5) is 18.9. The SMILES string of the molecule is O=[N+]([O-])c1ccc(-c2nc(CO[C@@H]3O[C@H](CSc4ncn[nH]4)[C@H]4OC5(CCCC5)O[C@@H]34)no2)cc1. The summed E-state index contributed by atoms with van der Waals surface area (Å²) in [6.07, 6.45) is 3.79. The maximum absolute atomic E-state index is 10.8. The predicted octanol–water partition coefficient (Wildman–Crippen LogP) is 2.85. The van der Waals surface area contributed by atoms with Crippen molar-refractivity contribution < 1.29 is 28.4 Å². The van der Waals surface area contributed by atoms with Gasteiger partial charge in [-0.05, 0) is 25.0 Å². The number of non-ortho nitro benzene ring substituents is 1. The fourth-order valence-electron chi connectivity index (χ4n) is 4.64. The molecule has 35 heavy (non-hydrogen) atoms. The Bertz CT molecular complexity index is 1170. The third kappa shape index (κ3) is 4.54. The van der Waals surface area contributed by atoms with Crippen LogP contribution in [0.5, 0.6) is 0 Å². The highest BCUT2D eigenvalue weighted by atomic mass is 32.2. The second kappa shape index (κ2) is 9.28. The van der Waals surface area contributed by atoms with Gasteiger partial charge in [-0.2, -0.15) is 10.1 Å². The summed E-state index contributed by atoms with van der Waals surface area (Å²) in [6, 6.07) is 5.88. The Morgan fingerprint density at radius 3 is 2.74 bits per heavy atom. The maximum atomic E-state index is 10.8. The van der Waals surface area contributed by atoms with E-state index >= 15 is 0 Å². The fourth-order valence-corrected chi connectivity index (χ4v) is 5.47. The minimum absolute atomic E-state index is 0.0143. The number of rotatable bonds is 8. The van der Waals surface area contributed by atoms with Gasteiger partial charge in [0.25, 0.3) is 11.6 Å². The molecule has 4 heterocycles. The zero-order chi connectivity index (χ0) is 23.8. The van der Waals surface area contributed by atoms with Crippen LogP contribution in [0.25, 0.3) is 11.5 Å². The average molecular weight is 503 g/mol. The van der Waals surface area contributed by atoms with Crippen LogP contribution in [0.3, 0.4) is 0 Å². The van der Waals surface area contributed by atoms with Gasteiger partial charge in [0, 0.05) is 36.3 Å². The molecule has 2 saturated heterocycles. The van der Waals surface area contributed by atoms with E-state index in [0.717, 1.165) is 25.7 Å². The fraction of sp³-hybridized carbons (Fsp3) is 0.524. The third-order valence-electron chi connectivity index (χ3n) is 6.28. The lowest BCUT2D eigenvalue weighted by Gasteiger charge is -2.26. The number of hydrogen-bond donors (Lipinski definition) is 1. The van der Waals surface area contributed by atoms with Crippen LogP contribution in [0.4, 0.5) is 5.69 Å². The highest BCUT2D eigenvalue weighted by Crippen LogP contribution is 2.47. The lowest BCUT2D eigenvalue weighted by Crippen LogP contribution is -2.33. The molecule has 1 aromatic carbocycles. The van der Waals surface area contributed by atoms with Crippen LogP contribution in [0.1, 0.15) is 31.5 Å². The van der Waals surface area contributed by atoms with Gasteiger partial charge >= 0.3 is 0 Å². The number of benzene rings is 1. The molecule has 14 heteroatoms. The molecule has 2 aliphatic heterocycles. The van der Waals surface area contributed by atoms with Crippen LogP contribution in [-0.4, -0.2) is 66.4 Å². The first kappa shape index (κ1) is 22.5. The molecule has 1 aliphatic carbocycles. The van der Waals surface area contributed by atoms with Gasteiger partial charge < -0.3 is 23.5 Å². The lowest BCUT2D eigenvalue weighted by atomic mass is 10.1. The number of thioether (sulfide) groups is 1. The number of aromatic amines is 1. The van der Waals surface area contributed by atoms with E-state index in [-0.39, 0.29) is 36.5 Å². The average Bonchev–Trinajstić information content (AvgIpc) is 3.68. The molecular weight excluding hydrogens is 480 g/mol. The molecule has 13 nitrogen and oxygen atoms in total. The number of H-pyrrole nitrogens is 1. The lowest BCUT2D eigenvalue weighted by molar-refractivity contribution is -0.384. The molecule has 1 N–H and O–H groups in total. The smallest absolute Gasteiger partial charge is 0.269 e. The summed E-state index contributed by atoms with van der Waals surface area (Å²) in [5, 5.41) is 22.2. The minimum atomic E-state index is -0.651. The number of hydrogen-bond acceptors (Lipinski definition) is 12. The van der Waals surface area contributed by atoms with E-state index in [1.54, 1.807) is 12.1 Å². The van der Waals surface area contributed by atoms with Crippen molar-refractivity contribution in [3.05, 3.63) is 46.5 Å². The Balaban J connectivity index is 1.12. The largest absolute Gasteiger partial charge is 0.343 e. The molecule has 1 saturated carbocycles. The van der Waals surface area contributed by atoms with Gasteiger partial charge in [0.1, 0.15) is 25.1 Å². The van der Waals surface area contributed by atoms with Gasteiger partial charge in [0.15, 0.2) is 23.1 Å². The van der Waals surface area contributed by atoms with Crippen molar-refractivity contribution in [2.24, 2.45) is 0 Å². The molecule has 3 fully saturated rings. The van der Waals surface area contributed by atoms with Gasteiger partial charge in [0.05, 0.1) is 11.0 Å². The van der Waals surface area contributed by atoms with Crippen LogP contribution in [0.15, 0.2) is 40.3 Å². The molecule has 3 aliphatic rings. The first-order valence-electron chi connectivity index (χ1n) is 11.3. The molecule has 0 unspecified atom stereocenters. The number of ether oxygens (including phenoxy) is 4. The standard InChI is InChI=1S/C21H22N6O7S/c28-27(29)13-5-3-12(4-6-13)18-24-15(26-34-18)9-30-19-17-16(32-21(33-17)7-1-2-8-21)14(31-19)10-35-20-22-11-23-25-20/h3-6,11,14,16-17,19H,1-2,7-10H2,(H,22,23,25)/t14-,16-,17-,19-/m1/s1. The van der Waals surface area contributed by atoms with Crippen molar-refractivity contribution >= 4 is 17.4 Å². The monoisotopic (exact) mass is 502 g/mol. The van der Waals surface area contributed by atoms with Crippen LogP contribution in [0, 0.1) is 10.1 Å². The van der Waals surface area contributed by atoms with Crippen molar-refractivity contribution in [3.63, 3.8) is 0 Å². The van der Waals surface area contributed by atoms with Crippen LogP contribution < -0.4 is 0 Å². The zero-order valence-corrected chi connectivity index (χ0v) is 19.3. The van der Waals surface area contributed by atoms with Crippen molar-refractivity contribution in [2.45, 2.75) is 67.8 Å². The Hall–Kier alpha value is -2.91. The number of aromatic nitrogens is 5. The van der Waals surface area contributed by atoms with E-state index in [0.29, 0.717) is 22.3 Å². The van der Waals surface area contributed by atoms with Crippen molar-refractivity contribution in [3.8, 4) is 11.5 Å². The van der Waals surface area contributed by atoms with Crippen LogP contribution in [-0.2, 0) is 25.6 Å². The van der Waals surface area contributed by atoms with E-state index in [1.165, 1.54) is 30.2 Å². The Kier molecular flexibility index (Phi) is 5.98. The molecule has 184 valence electrons. The number of nitro benzene ring substituents is 1. The second-order valence-electron chi connectivity index (χ2n) is 8.56. The number of nitrogens with zero attached hydrogens (tertiary/aromatic N) is 5. The van der Waals surface area contributed by atoms with E-state index in [9.17, 15) is 10.1 Å². The Labute approximate surface area is 203 Å². The summed E-state index contributed by atoms with van der Waals surface area (Å²) < 4.78 is 30.3. The molecule has 6 rings (SSSR count). The van der Waals surface area contributed by atoms with Gasteiger partial charge in [-0.15, -0.1) is 0 Å². The quantitative estimate of drug-likeness (QED) is 0.273. The summed E-state index contributed by atoms with van der Waals surface area (Å²) >= 11 is 1.50. The van der Waals surface area contributed by atoms with Gasteiger partial charge in [0.2, 0.25) is 0 Å². The molecule has 0 amide bonds. The normalized spacial score (nSPS) is 27.0. The maximum Gasteiger partial charge on any atom is 0.269 e. The first-order chi connectivity index (χ1) is 17.1. The van der Waals surface area contributed by atoms with E-state index in [4.69, 9.17) is 23.5 Å². The molecule has 4 atom stereocenters.